The minimum absolute atomic E-state index is 0.213. The highest BCUT2D eigenvalue weighted by Gasteiger charge is 2.16. The van der Waals surface area contributed by atoms with Gasteiger partial charge in [0.15, 0.2) is 0 Å². The average Bonchev–Trinajstić information content (AvgIpc) is 2.49. The number of rotatable bonds is 5. The zero-order valence-electron chi connectivity index (χ0n) is 11.4. The Morgan fingerprint density at radius 2 is 1.85 bits per heavy atom. The Morgan fingerprint density at radius 1 is 1.20 bits per heavy atom. The molecule has 2 rings (SSSR count). The summed E-state index contributed by atoms with van der Waals surface area (Å²) in [6, 6.07) is 12.7. The Labute approximate surface area is 118 Å². The van der Waals surface area contributed by atoms with Crippen molar-refractivity contribution in [3.05, 3.63) is 59.9 Å². The third-order valence-electron chi connectivity index (χ3n) is 3.27. The Morgan fingerprint density at radius 3 is 2.45 bits per heavy atom. The van der Waals surface area contributed by atoms with Gasteiger partial charge in [0.05, 0.1) is 6.07 Å². The van der Waals surface area contributed by atoms with Crippen LogP contribution in [0.25, 0.3) is 0 Å². The van der Waals surface area contributed by atoms with Gasteiger partial charge in [-0.15, -0.1) is 0 Å². The number of phenols is 1. The van der Waals surface area contributed by atoms with Gasteiger partial charge in [-0.3, -0.25) is 9.88 Å². The van der Waals surface area contributed by atoms with Crippen LogP contribution in [0, 0.1) is 11.3 Å². The predicted molar refractivity (Wildman–Crippen MR) is 77.0 cm³/mol. The molecule has 0 amide bonds. The van der Waals surface area contributed by atoms with E-state index < -0.39 is 0 Å². The minimum atomic E-state index is -0.308. The molecule has 0 bridgehead atoms. The van der Waals surface area contributed by atoms with Crippen LogP contribution < -0.4 is 0 Å². The molecule has 0 spiro atoms. The Bertz CT molecular complexity index is 575. The normalized spacial score (nSPS) is 12.1. The van der Waals surface area contributed by atoms with Gasteiger partial charge in [-0.25, -0.2) is 0 Å². The van der Waals surface area contributed by atoms with E-state index in [9.17, 15) is 10.4 Å². The fourth-order valence-electron chi connectivity index (χ4n) is 2.07. The van der Waals surface area contributed by atoms with Gasteiger partial charge in [-0.2, -0.15) is 5.26 Å². The SMILES string of the molecule is CN(CCc1ccncc1)C(C#N)c1ccc(O)cc1. The van der Waals surface area contributed by atoms with Gasteiger partial charge in [-0.05, 0) is 48.9 Å². The lowest BCUT2D eigenvalue weighted by atomic mass is 10.1. The molecule has 1 aromatic heterocycles. The van der Waals surface area contributed by atoms with E-state index >= 15 is 0 Å². The van der Waals surface area contributed by atoms with E-state index in [1.54, 1.807) is 36.7 Å². The summed E-state index contributed by atoms with van der Waals surface area (Å²) in [6.07, 6.45) is 4.42. The summed E-state index contributed by atoms with van der Waals surface area (Å²) in [7, 11) is 1.93. The van der Waals surface area contributed by atoms with Crippen molar-refractivity contribution in [2.75, 3.05) is 13.6 Å². The molecule has 0 saturated carbocycles. The van der Waals surface area contributed by atoms with Crippen molar-refractivity contribution in [3.63, 3.8) is 0 Å². The molecule has 4 nitrogen and oxygen atoms in total. The van der Waals surface area contributed by atoms with Crippen LogP contribution in [0.3, 0.4) is 0 Å². The van der Waals surface area contributed by atoms with Crippen LogP contribution in [-0.4, -0.2) is 28.6 Å². The number of phenolic OH excluding ortho intramolecular Hbond substituents is 1. The first kappa shape index (κ1) is 14.0. The summed E-state index contributed by atoms with van der Waals surface area (Å²) in [5.41, 5.74) is 2.09. The maximum Gasteiger partial charge on any atom is 0.123 e. The lowest BCUT2D eigenvalue weighted by Crippen LogP contribution is -2.25. The third kappa shape index (κ3) is 3.56. The number of pyridine rings is 1. The monoisotopic (exact) mass is 267 g/mol. The summed E-state index contributed by atoms with van der Waals surface area (Å²) >= 11 is 0. The molecule has 0 radical (unpaired) electrons. The Hall–Kier alpha value is -2.38. The zero-order chi connectivity index (χ0) is 14.4. The number of hydrogen-bond acceptors (Lipinski definition) is 4. The molecule has 0 aliphatic carbocycles. The highest BCUT2D eigenvalue weighted by molar-refractivity contribution is 5.30. The van der Waals surface area contributed by atoms with E-state index in [4.69, 9.17) is 0 Å². The molecule has 1 atom stereocenters. The van der Waals surface area contributed by atoms with Crippen LogP contribution in [0.4, 0.5) is 0 Å². The summed E-state index contributed by atoms with van der Waals surface area (Å²) < 4.78 is 0. The molecule has 2 aromatic rings. The highest BCUT2D eigenvalue weighted by Crippen LogP contribution is 2.21. The van der Waals surface area contributed by atoms with Crippen LogP contribution in [0.5, 0.6) is 5.75 Å². The molecule has 0 aliphatic heterocycles. The maximum absolute atomic E-state index is 9.35. The molecule has 102 valence electrons. The molecule has 1 N–H and O–H groups in total. The van der Waals surface area contributed by atoms with Gasteiger partial charge < -0.3 is 5.11 Å². The van der Waals surface area contributed by atoms with Gasteiger partial charge in [0.1, 0.15) is 11.8 Å². The number of benzene rings is 1. The van der Waals surface area contributed by atoms with E-state index in [-0.39, 0.29) is 11.8 Å². The molecule has 20 heavy (non-hydrogen) atoms. The summed E-state index contributed by atoms with van der Waals surface area (Å²) in [5, 5.41) is 18.7. The van der Waals surface area contributed by atoms with Gasteiger partial charge >= 0.3 is 0 Å². The zero-order valence-corrected chi connectivity index (χ0v) is 11.4. The van der Waals surface area contributed by atoms with Crippen LogP contribution >= 0.6 is 0 Å². The van der Waals surface area contributed by atoms with Gasteiger partial charge in [0, 0.05) is 18.9 Å². The van der Waals surface area contributed by atoms with Crippen LogP contribution in [-0.2, 0) is 6.42 Å². The summed E-state index contributed by atoms with van der Waals surface area (Å²) in [4.78, 5) is 6.00. The smallest absolute Gasteiger partial charge is 0.123 e. The van der Waals surface area contributed by atoms with Crippen molar-refractivity contribution in [2.24, 2.45) is 0 Å². The van der Waals surface area contributed by atoms with Crippen molar-refractivity contribution in [2.45, 2.75) is 12.5 Å². The molecule has 0 aliphatic rings. The van der Waals surface area contributed by atoms with Gasteiger partial charge in [0.2, 0.25) is 0 Å². The van der Waals surface area contributed by atoms with Crippen molar-refractivity contribution >= 4 is 0 Å². The molecule has 1 heterocycles. The second-order valence-corrected chi connectivity index (χ2v) is 4.71. The number of aromatic hydroxyl groups is 1. The average molecular weight is 267 g/mol. The third-order valence-corrected chi connectivity index (χ3v) is 3.27. The first-order chi connectivity index (χ1) is 9.70. The number of likely N-dealkylation sites (N-methyl/N-ethyl adjacent to an activating group) is 1. The van der Waals surface area contributed by atoms with E-state index in [1.807, 2.05) is 24.1 Å². The van der Waals surface area contributed by atoms with Gasteiger partial charge in [-0.1, -0.05) is 12.1 Å². The van der Waals surface area contributed by atoms with Crippen molar-refractivity contribution < 1.29 is 5.11 Å². The Kier molecular flexibility index (Phi) is 4.70. The highest BCUT2D eigenvalue weighted by atomic mass is 16.3. The van der Waals surface area contributed by atoms with E-state index in [0.717, 1.165) is 18.5 Å². The van der Waals surface area contributed by atoms with E-state index in [2.05, 4.69) is 11.1 Å². The van der Waals surface area contributed by atoms with E-state index in [1.165, 1.54) is 5.56 Å². The first-order valence-electron chi connectivity index (χ1n) is 6.48. The second kappa shape index (κ2) is 6.69. The standard InChI is InChI=1S/C16H17N3O/c1-19(11-8-13-6-9-18-10-7-13)16(12-17)14-2-4-15(20)5-3-14/h2-7,9-10,16,20H,8,11H2,1H3. The van der Waals surface area contributed by atoms with Crippen molar-refractivity contribution in [3.8, 4) is 11.8 Å². The maximum atomic E-state index is 9.35. The molecule has 0 saturated heterocycles. The van der Waals surface area contributed by atoms with Gasteiger partial charge in [0.25, 0.3) is 0 Å². The number of hydrogen-bond donors (Lipinski definition) is 1. The van der Waals surface area contributed by atoms with Crippen molar-refractivity contribution in [1.29, 1.82) is 5.26 Å². The molecule has 1 unspecified atom stereocenters. The lowest BCUT2D eigenvalue weighted by Gasteiger charge is -2.22. The lowest BCUT2D eigenvalue weighted by molar-refractivity contribution is 0.295. The molecule has 1 aromatic carbocycles. The van der Waals surface area contributed by atoms with Crippen LogP contribution in [0.1, 0.15) is 17.2 Å². The predicted octanol–water partition coefficient (Wildman–Crippen LogP) is 2.53. The number of aromatic nitrogens is 1. The van der Waals surface area contributed by atoms with Crippen LogP contribution in [0.15, 0.2) is 48.8 Å². The molecular formula is C16H17N3O. The largest absolute Gasteiger partial charge is 0.508 e. The molecule has 0 fully saturated rings. The van der Waals surface area contributed by atoms with Crippen molar-refractivity contribution in [1.82, 2.24) is 9.88 Å². The summed E-state index contributed by atoms with van der Waals surface area (Å²) in [6.45, 7) is 0.781. The van der Waals surface area contributed by atoms with E-state index in [0.29, 0.717) is 0 Å². The second-order valence-electron chi connectivity index (χ2n) is 4.71. The Balaban J connectivity index is 2.01. The fraction of sp³-hybridized carbons (Fsp3) is 0.250. The first-order valence-corrected chi connectivity index (χ1v) is 6.48. The minimum Gasteiger partial charge on any atom is -0.508 e. The quantitative estimate of drug-likeness (QED) is 0.904. The molecule has 4 heteroatoms. The van der Waals surface area contributed by atoms with Crippen LogP contribution in [0.2, 0.25) is 0 Å². The molecular weight excluding hydrogens is 250 g/mol. The fourth-order valence-corrected chi connectivity index (χ4v) is 2.07. The summed E-state index contributed by atoms with van der Waals surface area (Å²) in [5.74, 6) is 0.213. The topological polar surface area (TPSA) is 60.2 Å². The number of nitrogens with zero attached hydrogens (tertiary/aromatic N) is 3. The number of nitriles is 1.